The van der Waals surface area contributed by atoms with Gasteiger partial charge in [0.1, 0.15) is 22.2 Å². The summed E-state index contributed by atoms with van der Waals surface area (Å²) in [5.74, 6) is -6.10. The molecule has 2 N–H and O–H groups in total. The fourth-order valence-corrected chi connectivity index (χ4v) is 8.50. The van der Waals surface area contributed by atoms with E-state index in [4.69, 9.17) is 0 Å². The van der Waals surface area contributed by atoms with Gasteiger partial charge in [-0.15, -0.1) is 0 Å². The van der Waals surface area contributed by atoms with Crippen LogP contribution in [0.5, 0.6) is 11.5 Å². The van der Waals surface area contributed by atoms with Crippen molar-refractivity contribution in [2.24, 2.45) is 0 Å². The van der Waals surface area contributed by atoms with E-state index in [-0.39, 0.29) is 30.5 Å². The third-order valence-corrected chi connectivity index (χ3v) is 10.4. The second kappa shape index (κ2) is 10.9. The lowest BCUT2D eigenvalue weighted by molar-refractivity contribution is -0.127. The monoisotopic (exact) mass is 651 g/mol. The van der Waals surface area contributed by atoms with Crippen LogP contribution < -0.4 is 10.6 Å². The maximum atomic E-state index is 17.3. The van der Waals surface area contributed by atoms with Crippen molar-refractivity contribution in [1.29, 1.82) is 0 Å². The summed E-state index contributed by atoms with van der Waals surface area (Å²) in [7, 11) is -4.67. The van der Waals surface area contributed by atoms with Crippen molar-refractivity contribution in [3.63, 3.8) is 0 Å². The van der Waals surface area contributed by atoms with Gasteiger partial charge in [-0.2, -0.15) is 4.98 Å². The average Bonchev–Trinajstić information content (AvgIpc) is 3.07. The molecule has 0 saturated carbocycles. The Kier molecular flexibility index (Phi) is 7.38. The number of amides is 1. The Morgan fingerprint density at radius 1 is 1.11 bits per heavy atom. The summed E-state index contributed by atoms with van der Waals surface area (Å²) in [6.45, 7) is 10.5. The van der Waals surface area contributed by atoms with Crippen LogP contribution in [-0.2, 0) is 14.6 Å². The number of hydrogen-bond acceptors (Lipinski definition) is 9. The minimum absolute atomic E-state index is 0.0943. The smallest absolute Gasteiger partial charge is 0.354 e. The maximum Gasteiger partial charge on any atom is 0.354 e. The summed E-state index contributed by atoms with van der Waals surface area (Å²) in [5.41, 5.74) is -2.32. The molecule has 4 aromatic rings. The number of sulfone groups is 1. The fraction of sp³-hybridized carbons (Fsp3) is 0.312. The standard InChI is InChI=1S/C32H31F2N5O6S/c1-6-21(42)37-12-17(5)38-18(13-37)14-46(44,45)30-24-29(25(33)23(26(30)34)22-19(40)8-7-9-20(22)41)39(32(43)36-31(24)38)28-16(4)10-11-35-27(28)15(2)3/h6-11,15,17-18,40-41H,1,12-14H2,2-5H3. The van der Waals surface area contributed by atoms with E-state index in [0.29, 0.717) is 11.3 Å². The van der Waals surface area contributed by atoms with Gasteiger partial charge in [0.05, 0.1) is 45.2 Å². The lowest BCUT2D eigenvalue weighted by Crippen LogP contribution is -2.61. The van der Waals surface area contributed by atoms with E-state index < -0.39 is 89.3 Å². The van der Waals surface area contributed by atoms with Crippen LogP contribution in [-0.4, -0.2) is 74.9 Å². The van der Waals surface area contributed by atoms with Gasteiger partial charge in [-0.05, 0) is 49.6 Å². The van der Waals surface area contributed by atoms with Crippen molar-refractivity contribution in [3.05, 3.63) is 76.5 Å². The van der Waals surface area contributed by atoms with Gasteiger partial charge in [-0.25, -0.2) is 22.0 Å². The van der Waals surface area contributed by atoms with Gasteiger partial charge in [0.15, 0.2) is 21.5 Å². The predicted molar refractivity (Wildman–Crippen MR) is 167 cm³/mol. The zero-order chi connectivity index (χ0) is 33.4. The number of aromatic nitrogens is 3. The molecule has 1 amide bonds. The molecule has 2 aromatic carbocycles. The number of nitrogens with zero attached hydrogens (tertiary/aromatic N) is 5. The molecule has 14 heteroatoms. The van der Waals surface area contributed by atoms with Crippen molar-refractivity contribution < 1.29 is 32.2 Å². The van der Waals surface area contributed by atoms with Crippen molar-refractivity contribution in [2.45, 2.75) is 50.6 Å². The Hall–Kier alpha value is -4.85. The zero-order valence-corrected chi connectivity index (χ0v) is 26.3. The number of carbonyl (C=O) groups is 1. The fourth-order valence-electron chi connectivity index (χ4n) is 6.68. The predicted octanol–water partition coefficient (Wildman–Crippen LogP) is 3.95. The Bertz CT molecular complexity index is 2130. The van der Waals surface area contributed by atoms with Crippen molar-refractivity contribution in [2.75, 3.05) is 23.7 Å². The molecular weight excluding hydrogens is 620 g/mol. The van der Waals surface area contributed by atoms with E-state index in [1.807, 2.05) is 13.8 Å². The Morgan fingerprint density at radius 2 is 1.78 bits per heavy atom. The number of aryl methyl sites for hydroxylation is 1. The minimum Gasteiger partial charge on any atom is -0.507 e. The second-order valence-corrected chi connectivity index (χ2v) is 13.9. The minimum atomic E-state index is -4.67. The summed E-state index contributed by atoms with van der Waals surface area (Å²) in [6.07, 6.45) is 2.62. The van der Waals surface area contributed by atoms with Gasteiger partial charge in [-0.3, -0.25) is 14.3 Å². The highest BCUT2D eigenvalue weighted by atomic mass is 32.2. The second-order valence-electron chi connectivity index (χ2n) is 11.9. The number of aromatic hydroxyl groups is 2. The van der Waals surface area contributed by atoms with E-state index in [1.165, 1.54) is 22.1 Å². The first-order valence-corrected chi connectivity index (χ1v) is 16.2. The number of anilines is 1. The number of pyridine rings is 1. The molecule has 2 unspecified atom stereocenters. The molecule has 1 saturated heterocycles. The first-order valence-electron chi connectivity index (χ1n) is 14.6. The summed E-state index contributed by atoms with van der Waals surface area (Å²) >= 11 is 0. The summed E-state index contributed by atoms with van der Waals surface area (Å²) in [5, 5.41) is 20.9. The third-order valence-electron chi connectivity index (χ3n) is 8.58. The van der Waals surface area contributed by atoms with Gasteiger partial charge < -0.3 is 20.0 Å². The summed E-state index contributed by atoms with van der Waals surface area (Å²) in [6, 6.07) is 3.39. The molecule has 2 atom stereocenters. The average molecular weight is 652 g/mol. The van der Waals surface area contributed by atoms with Crippen LogP contribution in [0.15, 0.2) is 52.8 Å². The Labute approximate surface area is 263 Å². The number of carbonyl (C=O) groups excluding carboxylic acids is 1. The molecule has 240 valence electrons. The van der Waals surface area contributed by atoms with Crippen molar-refractivity contribution in [1.82, 2.24) is 19.4 Å². The molecular formula is C32H31F2N5O6S. The van der Waals surface area contributed by atoms with Gasteiger partial charge in [0.25, 0.3) is 0 Å². The largest absolute Gasteiger partial charge is 0.507 e. The van der Waals surface area contributed by atoms with Gasteiger partial charge in [0.2, 0.25) is 5.91 Å². The summed E-state index contributed by atoms with van der Waals surface area (Å²) < 4.78 is 63.6. The molecule has 1 fully saturated rings. The van der Waals surface area contributed by atoms with Crippen molar-refractivity contribution >= 4 is 32.5 Å². The van der Waals surface area contributed by atoms with Crippen molar-refractivity contribution in [3.8, 4) is 28.3 Å². The van der Waals surface area contributed by atoms with Crippen LogP contribution >= 0.6 is 0 Å². The highest BCUT2D eigenvalue weighted by Gasteiger charge is 2.45. The topological polar surface area (TPSA) is 146 Å². The van der Waals surface area contributed by atoms with Crippen LogP contribution in [0.2, 0.25) is 0 Å². The molecule has 2 aromatic heterocycles. The van der Waals surface area contributed by atoms with Crippen LogP contribution in [0.1, 0.15) is 37.9 Å². The SMILES string of the molecule is C=CC(=O)N1CC(C)N2c3nc(=O)n(-c4c(C)ccnc4C(C)C)c4c(F)c(-c5c(O)cccc5O)c(F)c(c34)S(=O)(=O)CC2C1. The number of fused-ring (bicyclic) bond motifs is 2. The number of hydrogen-bond donors (Lipinski definition) is 2. The van der Waals surface area contributed by atoms with Gasteiger partial charge in [0, 0.05) is 25.3 Å². The maximum absolute atomic E-state index is 17.3. The van der Waals surface area contributed by atoms with Gasteiger partial charge >= 0.3 is 5.69 Å². The lowest BCUT2D eigenvalue weighted by Gasteiger charge is -2.45. The third kappa shape index (κ3) is 4.53. The molecule has 0 bridgehead atoms. The van der Waals surface area contributed by atoms with Crippen LogP contribution in [0.4, 0.5) is 14.6 Å². The molecule has 46 heavy (non-hydrogen) atoms. The van der Waals surface area contributed by atoms with E-state index in [9.17, 15) is 28.2 Å². The molecule has 6 rings (SSSR count). The van der Waals surface area contributed by atoms with Crippen LogP contribution in [0.25, 0.3) is 27.7 Å². The molecule has 2 aliphatic heterocycles. The summed E-state index contributed by atoms with van der Waals surface area (Å²) in [4.78, 5) is 37.5. The van der Waals surface area contributed by atoms with Crippen LogP contribution in [0, 0.1) is 18.6 Å². The number of phenolic OH excluding ortho intramolecular Hbond substituents is 2. The number of halogens is 2. The number of piperazine rings is 1. The quantitative estimate of drug-likeness (QED) is 0.248. The van der Waals surface area contributed by atoms with Gasteiger partial charge in [-0.1, -0.05) is 26.5 Å². The van der Waals surface area contributed by atoms with E-state index in [1.54, 1.807) is 19.9 Å². The number of benzene rings is 2. The molecule has 0 spiro atoms. The van der Waals surface area contributed by atoms with E-state index >= 15 is 8.78 Å². The molecule has 0 radical (unpaired) electrons. The van der Waals surface area contributed by atoms with Crippen LogP contribution in [0.3, 0.4) is 0 Å². The first kappa shape index (κ1) is 31.1. The number of rotatable bonds is 4. The Balaban J connectivity index is 1.86. The van der Waals surface area contributed by atoms with E-state index in [0.717, 1.165) is 22.8 Å². The molecule has 11 nitrogen and oxygen atoms in total. The number of phenols is 2. The first-order chi connectivity index (χ1) is 21.7. The normalized spacial score (nSPS) is 18.8. The highest BCUT2D eigenvalue weighted by Crippen LogP contribution is 2.48. The lowest BCUT2D eigenvalue weighted by atomic mass is 9.98. The zero-order valence-electron chi connectivity index (χ0n) is 25.5. The molecule has 4 heterocycles. The Morgan fingerprint density at radius 3 is 2.41 bits per heavy atom. The molecule has 2 aliphatic rings. The highest BCUT2D eigenvalue weighted by molar-refractivity contribution is 7.91. The van der Waals surface area contributed by atoms with E-state index in [2.05, 4.69) is 16.5 Å². The molecule has 0 aliphatic carbocycles.